The summed E-state index contributed by atoms with van der Waals surface area (Å²) in [6, 6.07) is 12.4. The zero-order valence-corrected chi connectivity index (χ0v) is 16.8. The van der Waals surface area contributed by atoms with Crippen molar-refractivity contribution in [2.75, 3.05) is 35.7 Å². The van der Waals surface area contributed by atoms with Gasteiger partial charge in [0.15, 0.2) is 0 Å². The second kappa shape index (κ2) is 7.56. The molecule has 148 valence electrons. The molecule has 0 radical (unpaired) electrons. The summed E-state index contributed by atoms with van der Waals surface area (Å²) < 4.78 is 5.97. The van der Waals surface area contributed by atoms with Crippen molar-refractivity contribution >= 4 is 56.3 Å². The fraction of sp³-hybridized carbons (Fsp3) is 0.190. The molecule has 7 nitrogen and oxygen atoms in total. The summed E-state index contributed by atoms with van der Waals surface area (Å²) in [5, 5.41) is 6.52. The van der Waals surface area contributed by atoms with Gasteiger partial charge in [0.2, 0.25) is 5.91 Å². The molecule has 0 aliphatic carbocycles. The molecule has 0 unspecified atom stereocenters. The summed E-state index contributed by atoms with van der Waals surface area (Å²) in [6.07, 6.45) is 0. The first-order chi connectivity index (χ1) is 13.9. The van der Waals surface area contributed by atoms with Crippen molar-refractivity contribution in [3.05, 3.63) is 52.9 Å². The number of nitrogens with one attached hydrogen (secondary N) is 2. The van der Waals surface area contributed by atoms with Gasteiger partial charge in [-0.3, -0.25) is 9.59 Å². The van der Waals surface area contributed by atoms with Gasteiger partial charge < -0.3 is 20.3 Å². The topological polar surface area (TPSA) is 87.7 Å². The molecule has 0 atom stereocenters. The first kappa shape index (κ1) is 18.9. The minimum Gasteiger partial charge on any atom is -0.462 e. The van der Waals surface area contributed by atoms with Crippen LogP contribution in [0.15, 0.2) is 42.5 Å². The second-order valence-electron chi connectivity index (χ2n) is 6.67. The third kappa shape index (κ3) is 3.79. The van der Waals surface area contributed by atoms with E-state index in [1.165, 1.54) is 11.3 Å². The molecule has 2 N–H and O–H groups in total. The lowest BCUT2D eigenvalue weighted by Gasteiger charge is -2.27. The van der Waals surface area contributed by atoms with Gasteiger partial charge >= 0.3 is 5.97 Å². The van der Waals surface area contributed by atoms with E-state index in [1.807, 2.05) is 30.1 Å². The number of esters is 1. The number of thiophene rings is 1. The number of benzene rings is 2. The monoisotopic (exact) mass is 409 g/mol. The standard InChI is InChI=1S/C21H19N3O4S/c1-3-28-21(27)18-10-13-8-14(5-7-17(13)29-18)22-20(26)12-4-6-16-15(9-12)23-19(25)11-24(16)2/h4-10H,3,11H2,1-2H3,(H,22,26)(H,23,25). The van der Waals surface area contributed by atoms with E-state index in [2.05, 4.69) is 10.6 Å². The van der Waals surface area contributed by atoms with Crippen LogP contribution >= 0.6 is 11.3 Å². The predicted molar refractivity (Wildman–Crippen MR) is 114 cm³/mol. The van der Waals surface area contributed by atoms with Gasteiger partial charge in [0.1, 0.15) is 4.88 Å². The van der Waals surface area contributed by atoms with Crippen LogP contribution in [0.3, 0.4) is 0 Å². The summed E-state index contributed by atoms with van der Waals surface area (Å²) in [5.74, 6) is -0.742. The van der Waals surface area contributed by atoms with E-state index in [1.54, 1.807) is 31.2 Å². The minimum absolute atomic E-state index is 0.113. The normalized spacial score (nSPS) is 13.0. The number of carbonyl (C=O) groups excluding carboxylic acids is 3. The Labute approximate surface area is 171 Å². The molecule has 29 heavy (non-hydrogen) atoms. The number of carbonyl (C=O) groups is 3. The Hall–Kier alpha value is -3.39. The van der Waals surface area contributed by atoms with E-state index < -0.39 is 0 Å². The van der Waals surface area contributed by atoms with Crippen molar-refractivity contribution in [3.63, 3.8) is 0 Å². The van der Waals surface area contributed by atoms with E-state index in [9.17, 15) is 14.4 Å². The zero-order valence-electron chi connectivity index (χ0n) is 15.9. The maximum atomic E-state index is 12.7. The largest absolute Gasteiger partial charge is 0.462 e. The summed E-state index contributed by atoms with van der Waals surface area (Å²) in [5.41, 5.74) is 2.54. The van der Waals surface area contributed by atoms with Crippen LogP contribution in [0.4, 0.5) is 17.1 Å². The molecule has 1 aliphatic heterocycles. The van der Waals surface area contributed by atoms with Crippen LogP contribution in [0.25, 0.3) is 10.1 Å². The van der Waals surface area contributed by atoms with E-state index in [0.717, 1.165) is 15.8 Å². The van der Waals surface area contributed by atoms with E-state index in [-0.39, 0.29) is 24.3 Å². The molecule has 4 rings (SSSR count). The van der Waals surface area contributed by atoms with Crippen LogP contribution in [-0.2, 0) is 9.53 Å². The fourth-order valence-electron chi connectivity index (χ4n) is 3.23. The predicted octanol–water partition coefficient (Wildman–Crippen LogP) is 3.72. The highest BCUT2D eigenvalue weighted by molar-refractivity contribution is 7.20. The molecule has 1 aliphatic rings. The van der Waals surface area contributed by atoms with Gasteiger partial charge in [0.25, 0.3) is 5.91 Å². The minimum atomic E-state index is -0.347. The highest BCUT2D eigenvalue weighted by Gasteiger charge is 2.20. The second-order valence-corrected chi connectivity index (χ2v) is 7.76. The molecule has 0 saturated carbocycles. The Morgan fingerprint density at radius 2 is 2.03 bits per heavy atom. The Morgan fingerprint density at radius 3 is 2.83 bits per heavy atom. The molecule has 0 fully saturated rings. The zero-order chi connectivity index (χ0) is 20.5. The average Bonchev–Trinajstić information content (AvgIpc) is 3.11. The lowest BCUT2D eigenvalue weighted by atomic mass is 10.1. The number of nitrogens with zero attached hydrogens (tertiary/aromatic N) is 1. The molecule has 3 aromatic rings. The van der Waals surface area contributed by atoms with Crippen LogP contribution in [0, 0.1) is 0 Å². The molecular formula is C21H19N3O4S. The summed E-state index contributed by atoms with van der Waals surface area (Å²) in [7, 11) is 1.83. The summed E-state index contributed by atoms with van der Waals surface area (Å²) in [6.45, 7) is 2.38. The fourth-order valence-corrected chi connectivity index (χ4v) is 4.16. The van der Waals surface area contributed by atoms with Crippen molar-refractivity contribution in [1.82, 2.24) is 0 Å². The van der Waals surface area contributed by atoms with Crippen molar-refractivity contribution in [2.24, 2.45) is 0 Å². The molecule has 8 heteroatoms. The van der Waals surface area contributed by atoms with E-state index >= 15 is 0 Å². The third-order valence-corrected chi connectivity index (χ3v) is 5.67. The van der Waals surface area contributed by atoms with Gasteiger partial charge in [-0.25, -0.2) is 4.79 Å². The van der Waals surface area contributed by atoms with E-state index in [0.29, 0.717) is 28.4 Å². The maximum Gasteiger partial charge on any atom is 0.348 e. The molecule has 0 saturated heterocycles. The number of amides is 2. The van der Waals surface area contributed by atoms with Gasteiger partial charge in [0.05, 0.1) is 24.5 Å². The van der Waals surface area contributed by atoms with Crippen molar-refractivity contribution in [1.29, 1.82) is 0 Å². The van der Waals surface area contributed by atoms with Crippen molar-refractivity contribution < 1.29 is 19.1 Å². The van der Waals surface area contributed by atoms with E-state index in [4.69, 9.17) is 4.74 Å². The molecule has 0 bridgehead atoms. The Bertz CT molecular complexity index is 1140. The molecular weight excluding hydrogens is 390 g/mol. The number of hydrogen-bond acceptors (Lipinski definition) is 6. The highest BCUT2D eigenvalue weighted by atomic mass is 32.1. The summed E-state index contributed by atoms with van der Waals surface area (Å²) in [4.78, 5) is 38.7. The number of rotatable bonds is 4. The lowest BCUT2D eigenvalue weighted by Crippen LogP contribution is -2.35. The molecule has 2 aromatic carbocycles. The van der Waals surface area contributed by atoms with Gasteiger partial charge in [-0.2, -0.15) is 0 Å². The van der Waals surface area contributed by atoms with Crippen LogP contribution in [0.1, 0.15) is 27.0 Å². The van der Waals surface area contributed by atoms with Crippen LogP contribution in [-0.4, -0.2) is 38.0 Å². The van der Waals surface area contributed by atoms with Gasteiger partial charge in [0, 0.05) is 23.0 Å². The average molecular weight is 409 g/mol. The lowest BCUT2D eigenvalue weighted by molar-refractivity contribution is -0.115. The molecule has 1 aromatic heterocycles. The quantitative estimate of drug-likeness (QED) is 0.642. The number of likely N-dealkylation sites (N-methyl/N-ethyl adjacent to an activating group) is 1. The highest BCUT2D eigenvalue weighted by Crippen LogP contribution is 2.31. The van der Waals surface area contributed by atoms with Crippen molar-refractivity contribution in [2.45, 2.75) is 6.92 Å². The Kier molecular flexibility index (Phi) is 4.94. The van der Waals surface area contributed by atoms with Crippen molar-refractivity contribution in [3.8, 4) is 0 Å². The first-order valence-electron chi connectivity index (χ1n) is 9.11. The number of ether oxygens (including phenoxy) is 1. The molecule has 2 amide bonds. The first-order valence-corrected chi connectivity index (χ1v) is 9.93. The number of hydrogen-bond donors (Lipinski definition) is 2. The Balaban J connectivity index is 1.55. The van der Waals surface area contributed by atoms with Gasteiger partial charge in [-0.15, -0.1) is 11.3 Å². The molecule has 2 heterocycles. The summed E-state index contributed by atoms with van der Waals surface area (Å²) >= 11 is 1.35. The maximum absolute atomic E-state index is 12.7. The van der Waals surface area contributed by atoms with Crippen LogP contribution in [0.2, 0.25) is 0 Å². The van der Waals surface area contributed by atoms with Crippen LogP contribution < -0.4 is 15.5 Å². The van der Waals surface area contributed by atoms with Gasteiger partial charge in [-0.1, -0.05) is 0 Å². The SMILES string of the molecule is CCOC(=O)c1cc2cc(NC(=O)c3ccc4c(c3)NC(=O)CN4C)ccc2s1. The number of fused-ring (bicyclic) bond motifs is 2. The number of anilines is 3. The smallest absolute Gasteiger partial charge is 0.348 e. The van der Waals surface area contributed by atoms with Crippen LogP contribution in [0.5, 0.6) is 0 Å². The third-order valence-electron chi connectivity index (χ3n) is 4.58. The van der Waals surface area contributed by atoms with Gasteiger partial charge in [-0.05, 0) is 54.8 Å². The Morgan fingerprint density at radius 1 is 1.21 bits per heavy atom. The molecule has 0 spiro atoms.